The number of rotatable bonds is 3. The highest BCUT2D eigenvalue weighted by Gasteiger charge is 2.42. The van der Waals surface area contributed by atoms with E-state index in [1.807, 2.05) is 20.8 Å². The smallest absolute Gasteiger partial charge is 0.250 e. The Bertz CT molecular complexity index is 557. The van der Waals surface area contributed by atoms with E-state index in [9.17, 15) is 14.0 Å². The van der Waals surface area contributed by atoms with Crippen LogP contribution in [0.25, 0.3) is 0 Å². The lowest BCUT2D eigenvalue weighted by atomic mass is 9.95. The SMILES string of the molecule is CCC1NC(=O)C(C(C)C)N(c2cc(F)cc(Cl)c2)C1=O. The van der Waals surface area contributed by atoms with E-state index in [0.29, 0.717) is 12.1 Å². The molecule has 1 heterocycles. The second-order valence-corrected chi connectivity index (χ2v) is 5.93. The minimum atomic E-state index is -0.668. The second-order valence-electron chi connectivity index (χ2n) is 5.49. The van der Waals surface area contributed by atoms with E-state index in [4.69, 9.17) is 11.6 Å². The summed E-state index contributed by atoms with van der Waals surface area (Å²) in [6.07, 6.45) is 0.481. The molecule has 1 N–H and O–H groups in total. The van der Waals surface area contributed by atoms with Gasteiger partial charge in [-0.15, -0.1) is 0 Å². The quantitative estimate of drug-likeness (QED) is 0.933. The van der Waals surface area contributed by atoms with Gasteiger partial charge in [0.1, 0.15) is 17.9 Å². The Morgan fingerprint density at radius 1 is 1.33 bits per heavy atom. The summed E-state index contributed by atoms with van der Waals surface area (Å²) in [6, 6.07) is 2.64. The Hall–Kier alpha value is -1.62. The number of amides is 2. The van der Waals surface area contributed by atoms with E-state index < -0.39 is 17.9 Å². The first-order chi connectivity index (χ1) is 9.85. The molecule has 0 saturated carbocycles. The van der Waals surface area contributed by atoms with Gasteiger partial charge in [0.05, 0.1) is 0 Å². The Kier molecular flexibility index (Phi) is 4.52. The molecule has 2 amide bonds. The topological polar surface area (TPSA) is 49.4 Å². The maximum absolute atomic E-state index is 13.6. The minimum Gasteiger partial charge on any atom is -0.342 e. The third kappa shape index (κ3) is 3.02. The molecule has 0 aromatic heterocycles. The molecule has 114 valence electrons. The van der Waals surface area contributed by atoms with Crippen LogP contribution >= 0.6 is 11.6 Å². The zero-order valence-electron chi connectivity index (χ0n) is 12.2. The van der Waals surface area contributed by atoms with Crippen molar-refractivity contribution in [3.63, 3.8) is 0 Å². The van der Waals surface area contributed by atoms with Crippen molar-refractivity contribution in [3.8, 4) is 0 Å². The van der Waals surface area contributed by atoms with Crippen LogP contribution in [0.2, 0.25) is 5.02 Å². The van der Waals surface area contributed by atoms with E-state index in [-0.39, 0.29) is 22.8 Å². The summed E-state index contributed by atoms with van der Waals surface area (Å²) in [5, 5.41) is 2.91. The molecule has 0 radical (unpaired) electrons. The monoisotopic (exact) mass is 312 g/mol. The maximum atomic E-state index is 13.6. The zero-order valence-corrected chi connectivity index (χ0v) is 12.9. The van der Waals surface area contributed by atoms with E-state index in [1.165, 1.54) is 23.1 Å². The highest BCUT2D eigenvalue weighted by atomic mass is 35.5. The van der Waals surface area contributed by atoms with Crippen LogP contribution < -0.4 is 10.2 Å². The molecule has 0 aliphatic carbocycles. The van der Waals surface area contributed by atoms with Gasteiger partial charge in [0, 0.05) is 10.7 Å². The molecular weight excluding hydrogens is 295 g/mol. The Morgan fingerprint density at radius 2 is 2.00 bits per heavy atom. The molecule has 1 aliphatic heterocycles. The molecule has 4 nitrogen and oxygen atoms in total. The van der Waals surface area contributed by atoms with E-state index in [2.05, 4.69) is 5.32 Å². The molecule has 1 aromatic carbocycles. The standard InChI is InChI=1S/C15H18ClFN2O2/c1-4-12-15(21)19(13(8(2)3)14(20)18-12)11-6-9(16)5-10(17)7-11/h5-8,12-13H,4H2,1-3H3,(H,18,20). The molecule has 2 rings (SSSR count). The normalized spacial score (nSPS) is 22.7. The van der Waals surface area contributed by atoms with Crippen LogP contribution in [0.4, 0.5) is 10.1 Å². The summed E-state index contributed by atoms with van der Waals surface area (Å²) >= 11 is 5.87. The number of halogens is 2. The fourth-order valence-corrected chi connectivity index (χ4v) is 2.80. The van der Waals surface area contributed by atoms with Gasteiger partial charge in [0.15, 0.2) is 0 Å². The van der Waals surface area contributed by atoms with Gasteiger partial charge in [0.2, 0.25) is 11.8 Å². The van der Waals surface area contributed by atoms with Crippen molar-refractivity contribution in [3.05, 3.63) is 29.0 Å². The molecule has 2 unspecified atom stereocenters. The predicted molar refractivity (Wildman–Crippen MR) is 79.7 cm³/mol. The second kappa shape index (κ2) is 6.02. The Balaban J connectivity index is 2.52. The summed E-state index contributed by atoms with van der Waals surface area (Å²) in [6.45, 7) is 5.50. The number of hydrogen-bond acceptors (Lipinski definition) is 2. The van der Waals surface area contributed by atoms with Crippen LogP contribution in [-0.4, -0.2) is 23.9 Å². The number of carbonyl (C=O) groups excluding carboxylic acids is 2. The van der Waals surface area contributed by atoms with Crippen LogP contribution in [0.1, 0.15) is 27.2 Å². The van der Waals surface area contributed by atoms with E-state index in [1.54, 1.807) is 0 Å². The van der Waals surface area contributed by atoms with Crippen LogP contribution in [-0.2, 0) is 9.59 Å². The maximum Gasteiger partial charge on any atom is 0.250 e. The van der Waals surface area contributed by atoms with Gasteiger partial charge < -0.3 is 5.32 Å². The first-order valence-electron chi connectivity index (χ1n) is 6.94. The summed E-state index contributed by atoms with van der Waals surface area (Å²) in [5.74, 6) is -1.10. The van der Waals surface area contributed by atoms with Crippen molar-refractivity contribution in [2.75, 3.05) is 4.90 Å². The first kappa shape index (κ1) is 15.8. The molecule has 0 spiro atoms. The van der Waals surface area contributed by atoms with Crippen molar-refractivity contribution >= 4 is 29.1 Å². The summed E-state index contributed by atoms with van der Waals surface area (Å²) in [7, 11) is 0. The average Bonchev–Trinajstić information content (AvgIpc) is 2.38. The Labute approximate surface area is 128 Å². The first-order valence-corrected chi connectivity index (χ1v) is 7.32. The number of benzene rings is 1. The Morgan fingerprint density at radius 3 is 2.52 bits per heavy atom. The van der Waals surface area contributed by atoms with Gasteiger partial charge in [-0.25, -0.2) is 4.39 Å². The largest absolute Gasteiger partial charge is 0.342 e. The van der Waals surface area contributed by atoms with Crippen molar-refractivity contribution in [2.45, 2.75) is 39.3 Å². The van der Waals surface area contributed by atoms with Gasteiger partial charge in [-0.2, -0.15) is 0 Å². The molecule has 6 heteroatoms. The van der Waals surface area contributed by atoms with Crippen molar-refractivity contribution in [1.29, 1.82) is 0 Å². The minimum absolute atomic E-state index is 0.103. The number of anilines is 1. The van der Waals surface area contributed by atoms with Gasteiger partial charge in [-0.1, -0.05) is 32.4 Å². The molecule has 2 atom stereocenters. The summed E-state index contributed by atoms with van der Waals surface area (Å²) in [5.41, 5.74) is 0.317. The number of hydrogen-bond donors (Lipinski definition) is 1. The zero-order chi connectivity index (χ0) is 15.7. The molecule has 1 fully saturated rings. The van der Waals surface area contributed by atoms with Crippen molar-refractivity contribution < 1.29 is 14.0 Å². The fourth-order valence-electron chi connectivity index (χ4n) is 2.58. The molecular formula is C15H18ClFN2O2. The van der Waals surface area contributed by atoms with Gasteiger partial charge in [-0.05, 0) is 30.5 Å². The van der Waals surface area contributed by atoms with Gasteiger partial charge >= 0.3 is 0 Å². The van der Waals surface area contributed by atoms with Gasteiger partial charge in [0.25, 0.3) is 0 Å². The third-order valence-electron chi connectivity index (χ3n) is 3.56. The fraction of sp³-hybridized carbons (Fsp3) is 0.467. The van der Waals surface area contributed by atoms with Crippen LogP contribution in [0, 0.1) is 11.7 Å². The lowest BCUT2D eigenvalue weighted by Gasteiger charge is -2.40. The van der Waals surface area contributed by atoms with Crippen molar-refractivity contribution in [1.82, 2.24) is 5.32 Å². The lowest BCUT2D eigenvalue weighted by molar-refractivity contribution is -0.134. The lowest BCUT2D eigenvalue weighted by Crippen LogP contribution is -2.65. The molecule has 1 saturated heterocycles. The highest BCUT2D eigenvalue weighted by Crippen LogP contribution is 2.29. The van der Waals surface area contributed by atoms with Crippen LogP contribution in [0.15, 0.2) is 18.2 Å². The van der Waals surface area contributed by atoms with Crippen molar-refractivity contribution in [2.24, 2.45) is 5.92 Å². The molecule has 0 bridgehead atoms. The molecule has 1 aliphatic rings. The van der Waals surface area contributed by atoms with Crippen LogP contribution in [0.5, 0.6) is 0 Å². The predicted octanol–water partition coefficient (Wildman–Crippen LogP) is 2.75. The number of piperazine rings is 1. The third-order valence-corrected chi connectivity index (χ3v) is 3.78. The molecule has 21 heavy (non-hydrogen) atoms. The highest BCUT2D eigenvalue weighted by molar-refractivity contribution is 6.31. The van der Waals surface area contributed by atoms with Gasteiger partial charge in [-0.3, -0.25) is 14.5 Å². The average molecular weight is 313 g/mol. The number of nitrogens with one attached hydrogen (secondary N) is 1. The van der Waals surface area contributed by atoms with Crippen LogP contribution in [0.3, 0.4) is 0 Å². The van der Waals surface area contributed by atoms with E-state index >= 15 is 0 Å². The number of nitrogens with zero attached hydrogens (tertiary/aromatic N) is 1. The summed E-state index contributed by atoms with van der Waals surface area (Å²) in [4.78, 5) is 26.2. The van der Waals surface area contributed by atoms with E-state index in [0.717, 1.165) is 0 Å². The number of carbonyl (C=O) groups is 2. The summed E-state index contributed by atoms with van der Waals surface area (Å²) < 4.78 is 13.6. The molecule has 1 aromatic rings.